The Morgan fingerprint density at radius 3 is 2.86 bits per heavy atom. The molecule has 2 aromatic rings. The molecule has 13 heteroatoms. The average Bonchev–Trinajstić information content (AvgIpc) is 3.55. The van der Waals surface area contributed by atoms with E-state index >= 15 is 0 Å². The summed E-state index contributed by atoms with van der Waals surface area (Å²) >= 11 is 1.08. The fraction of sp³-hybridized carbons (Fsp3) is 0.500. The predicted octanol–water partition coefficient (Wildman–Crippen LogP) is 1.19. The van der Waals surface area contributed by atoms with Crippen LogP contribution in [0.2, 0.25) is 0 Å². The van der Waals surface area contributed by atoms with Gasteiger partial charge in [-0.15, -0.1) is 11.8 Å². The number of nitrogens with one attached hydrogen (secondary N) is 1. The van der Waals surface area contributed by atoms with Crippen molar-refractivity contribution in [3.63, 3.8) is 0 Å². The first kappa shape index (κ1) is 26.6. The van der Waals surface area contributed by atoms with Crippen LogP contribution in [0, 0.1) is 0 Å². The van der Waals surface area contributed by atoms with Crippen LogP contribution in [-0.4, -0.2) is 102 Å². The molecule has 2 N–H and O–H groups in total. The van der Waals surface area contributed by atoms with Gasteiger partial charge in [0.15, 0.2) is 5.03 Å². The topological polar surface area (TPSA) is 130 Å². The Labute approximate surface area is 224 Å². The zero-order valence-corrected chi connectivity index (χ0v) is 23.0. The van der Waals surface area contributed by atoms with E-state index in [0.717, 1.165) is 54.0 Å². The van der Waals surface area contributed by atoms with E-state index in [4.69, 9.17) is 9.73 Å². The van der Waals surface area contributed by atoms with E-state index in [2.05, 4.69) is 15.2 Å². The Morgan fingerprint density at radius 2 is 2.14 bits per heavy atom. The maximum atomic E-state index is 13.4. The van der Waals surface area contributed by atoms with Gasteiger partial charge in [0.2, 0.25) is 0 Å². The van der Waals surface area contributed by atoms with E-state index in [1.54, 1.807) is 30.0 Å². The Kier molecular flexibility index (Phi) is 8.17. The number of sulfonamides is 1. The van der Waals surface area contributed by atoms with Crippen molar-refractivity contribution >= 4 is 49.4 Å². The van der Waals surface area contributed by atoms with E-state index in [1.807, 2.05) is 6.07 Å². The van der Waals surface area contributed by atoms with Gasteiger partial charge in [-0.3, -0.25) is 14.2 Å². The van der Waals surface area contributed by atoms with Crippen LogP contribution < -0.4 is 14.4 Å². The molecule has 1 aromatic carbocycles. The maximum Gasteiger partial charge on any atom is 0.281 e. The summed E-state index contributed by atoms with van der Waals surface area (Å²) in [6.07, 6.45) is 2.10. The number of aliphatic hydroxyl groups excluding tert-OH is 1. The molecule has 0 spiro atoms. The maximum absolute atomic E-state index is 13.4. The lowest BCUT2D eigenvalue weighted by atomic mass is 10.1. The van der Waals surface area contributed by atoms with Crippen LogP contribution in [0.25, 0.3) is 0 Å². The van der Waals surface area contributed by atoms with Crippen LogP contribution >= 0.6 is 11.8 Å². The number of benzene rings is 1. The number of rotatable bonds is 9. The molecule has 0 amide bonds. The van der Waals surface area contributed by atoms with Gasteiger partial charge in [0.1, 0.15) is 23.9 Å². The number of hydrogen-bond acceptors (Lipinski definition) is 10. The number of thioether (sulfide) groups is 1. The van der Waals surface area contributed by atoms with E-state index in [-0.39, 0.29) is 24.3 Å². The minimum absolute atomic E-state index is 0.0393. The Morgan fingerprint density at radius 1 is 1.32 bits per heavy atom. The van der Waals surface area contributed by atoms with E-state index in [9.17, 15) is 18.1 Å². The third-order valence-electron chi connectivity index (χ3n) is 6.65. The van der Waals surface area contributed by atoms with Gasteiger partial charge in [-0.25, -0.2) is 4.98 Å². The van der Waals surface area contributed by atoms with Crippen LogP contribution in [0.4, 0.5) is 11.4 Å². The third kappa shape index (κ3) is 5.86. The average molecular weight is 566 g/mol. The monoisotopic (exact) mass is 565 g/mol. The highest BCUT2D eigenvalue weighted by atomic mass is 32.2. The van der Waals surface area contributed by atoms with Crippen molar-refractivity contribution in [2.75, 3.05) is 67.6 Å². The fourth-order valence-corrected chi connectivity index (χ4v) is 8.20. The number of aliphatic hydroxyl groups is 1. The van der Waals surface area contributed by atoms with Gasteiger partial charge in [-0.2, -0.15) is 8.42 Å². The van der Waals surface area contributed by atoms with Gasteiger partial charge in [-0.05, 0) is 23.8 Å². The molecule has 0 saturated carbocycles. The Bertz CT molecular complexity index is 1240. The molecule has 10 nitrogen and oxygen atoms in total. The largest absolute Gasteiger partial charge is 0.616 e. The van der Waals surface area contributed by atoms with Gasteiger partial charge in [0.05, 0.1) is 35.6 Å². The van der Waals surface area contributed by atoms with E-state index in [1.165, 1.54) is 23.6 Å². The van der Waals surface area contributed by atoms with Crippen molar-refractivity contribution in [2.45, 2.75) is 22.7 Å². The van der Waals surface area contributed by atoms with E-state index in [0.29, 0.717) is 23.1 Å². The quantitative estimate of drug-likeness (QED) is 0.431. The van der Waals surface area contributed by atoms with Crippen LogP contribution in [0.1, 0.15) is 5.56 Å². The summed E-state index contributed by atoms with van der Waals surface area (Å²) < 4.78 is 45.3. The highest BCUT2D eigenvalue weighted by Gasteiger charge is 2.35. The lowest BCUT2D eigenvalue weighted by molar-refractivity contribution is 0.201. The lowest BCUT2D eigenvalue weighted by Gasteiger charge is -2.29. The summed E-state index contributed by atoms with van der Waals surface area (Å²) in [6, 6.07) is 8.30. The smallest absolute Gasteiger partial charge is 0.281 e. The second kappa shape index (κ2) is 11.4. The van der Waals surface area contributed by atoms with Crippen molar-refractivity contribution in [3.05, 3.63) is 42.1 Å². The van der Waals surface area contributed by atoms with E-state index < -0.39 is 21.2 Å². The SMILES string of the molecule is CN(c1cc(OCCO)cc2c1NC(C1=NCC(CN3CC[S+]([O-])CC3)S1)C2)S(=O)(=O)c1ccccn1. The predicted molar refractivity (Wildman–Crippen MR) is 148 cm³/mol. The highest BCUT2D eigenvalue weighted by Crippen LogP contribution is 2.42. The number of nitrogens with zero attached hydrogens (tertiary/aromatic N) is 4. The summed E-state index contributed by atoms with van der Waals surface area (Å²) in [5.41, 5.74) is 2.12. The number of anilines is 2. The normalized spacial score (nSPS) is 22.4. The standard InChI is InChI=1S/C24H31N5O5S3/c1-28(37(32,33)22-4-2-3-5-25-22)21-14-18(34-9-8-30)12-17-13-20(27-23(17)21)24-26-15-19(35-24)16-29-6-10-36(31)11-7-29/h2-5,12,14,19-20,27,30H,6-11,13,15-16H2,1H3. The molecule has 4 heterocycles. The first-order valence-corrected chi connectivity index (χ1v) is 16.0. The van der Waals surface area contributed by atoms with Crippen LogP contribution in [0.15, 0.2) is 46.5 Å². The zero-order valence-electron chi connectivity index (χ0n) is 20.6. The fourth-order valence-electron chi connectivity index (χ4n) is 4.71. The van der Waals surface area contributed by atoms with Gasteiger partial charge < -0.3 is 19.7 Å². The summed E-state index contributed by atoms with van der Waals surface area (Å²) in [5.74, 6) is 1.97. The lowest BCUT2D eigenvalue weighted by Crippen LogP contribution is -2.43. The number of hydrogen-bond donors (Lipinski definition) is 2. The second-order valence-electron chi connectivity index (χ2n) is 9.16. The summed E-state index contributed by atoms with van der Waals surface area (Å²) in [5, 5.41) is 14.1. The van der Waals surface area contributed by atoms with Gasteiger partial charge in [0, 0.05) is 50.6 Å². The van der Waals surface area contributed by atoms with Crippen molar-refractivity contribution in [2.24, 2.45) is 4.99 Å². The Balaban J connectivity index is 1.34. The number of ether oxygens (including phenoxy) is 1. The molecule has 2 atom stereocenters. The van der Waals surface area contributed by atoms with Gasteiger partial charge in [-0.1, -0.05) is 17.2 Å². The molecule has 1 aromatic heterocycles. The molecule has 2 unspecified atom stereocenters. The van der Waals surface area contributed by atoms with Gasteiger partial charge >= 0.3 is 0 Å². The minimum atomic E-state index is -3.90. The summed E-state index contributed by atoms with van der Waals surface area (Å²) in [7, 11) is -2.39. The Hall–Kier alpha value is -2.03. The first-order chi connectivity index (χ1) is 17.8. The van der Waals surface area contributed by atoms with Crippen LogP contribution in [0.5, 0.6) is 5.75 Å². The molecule has 0 bridgehead atoms. The highest BCUT2D eigenvalue weighted by molar-refractivity contribution is 8.15. The van der Waals surface area contributed by atoms with Gasteiger partial charge in [0.25, 0.3) is 10.0 Å². The molecule has 0 aliphatic carbocycles. The van der Waals surface area contributed by atoms with Crippen molar-refractivity contribution in [1.29, 1.82) is 0 Å². The second-order valence-corrected chi connectivity index (χ2v) is 14.1. The number of pyridine rings is 1. The summed E-state index contributed by atoms with van der Waals surface area (Å²) in [6.45, 7) is 3.35. The van der Waals surface area contributed by atoms with Crippen molar-refractivity contribution in [1.82, 2.24) is 9.88 Å². The molecule has 1 saturated heterocycles. The number of aliphatic imine (C=N–C) groups is 1. The van der Waals surface area contributed by atoms with Crippen LogP contribution in [-0.2, 0) is 27.6 Å². The zero-order chi connectivity index (χ0) is 26.0. The minimum Gasteiger partial charge on any atom is -0.616 e. The molecule has 3 aliphatic heterocycles. The molecule has 1 fully saturated rings. The molecule has 0 radical (unpaired) electrons. The molecule has 200 valence electrons. The molecular formula is C24H31N5O5S3. The molecular weight excluding hydrogens is 534 g/mol. The molecule has 3 aliphatic rings. The number of fused-ring (bicyclic) bond motifs is 1. The molecule has 37 heavy (non-hydrogen) atoms. The number of aromatic nitrogens is 1. The van der Waals surface area contributed by atoms with Crippen molar-refractivity contribution < 1.29 is 22.8 Å². The van der Waals surface area contributed by atoms with Crippen molar-refractivity contribution in [3.8, 4) is 5.75 Å². The third-order valence-corrected chi connectivity index (χ3v) is 10.9. The summed E-state index contributed by atoms with van der Waals surface area (Å²) in [4.78, 5) is 11.2. The van der Waals surface area contributed by atoms with Crippen LogP contribution in [0.3, 0.4) is 0 Å². The molecule has 5 rings (SSSR count). The first-order valence-electron chi connectivity index (χ1n) is 12.2.